The predicted molar refractivity (Wildman–Crippen MR) is 178 cm³/mol. The molecule has 0 spiro atoms. The molecule has 0 aromatic heterocycles. The molecular weight excluding hydrogens is 626 g/mol. The number of thioether (sulfide) groups is 1. The number of morpholine rings is 1. The van der Waals surface area contributed by atoms with E-state index in [0.29, 0.717) is 34.8 Å². The highest BCUT2D eigenvalue weighted by Crippen LogP contribution is 2.40. The first kappa shape index (κ1) is 29.3. The zero-order chi connectivity index (χ0) is 29.8. The number of rotatable bonds is 8. The number of aliphatic imine (C=N–C) groups is 1. The predicted octanol–water partition coefficient (Wildman–Crippen LogP) is 7.65. The largest absolute Gasteiger partial charge is 0.490 e. The molecule has 9 heteroatoms. The lowest BCUT2D eigenvalue weighted by Gasteiger charge is -2.28. The van der Waals surface area contributed by atoms with Crippen molar-refractivity contribution in [2.75, 3.05) is 44.9 Å². The number of hydrogen-bond donors (Lipinski definition) is 0. The average Bonchev–Trinajstić information content (AvgIpc) is 3.29. The number of benzene rings is 4. The second kappa shape index (κ2) is 13.2. The third kappa shape index (κ3) is 6.74. The highest BCUT2D eigenvalue weighted by molar-refractivity contribution is 9.10. The number of halogens is 1. The Kier molecular flexibility index (Phi) is 9.02. The normalized spacial score (nSPS) is 17.3. The van der Waals surface area contributed by atoms with Crippen molar-refractivity contribution in [2.24, 2.45) is 4.99 Å². The van der Waals surface area contributed by atoms with Gasteiger partial charge in [0.25, 0.3) is 5.91 Å². The summed E-state index contributed by atoms with van der Waals surface area (Å²) in [5, 5.41) is 3.00. The molecule has 0 bridgehead atoms. The summed E-state index contributed by atoms with van der Waals surface area (Å²) < 4.78 is 18.4. The van der Waals surface area contributed by atoms with Crippen molar-refractivity contribution in [1.29, 1.82) is 0 Å². The average molecular weight is 659 g/mol. The van der Waals surface area contributed by atoms with Gasteiger partial charge in [-0.05, 0) is 105 Å². The molecule has 0 N–H and O–H groups in total. The van der Waals surface area contributed by atoms with Crippen LogP contribution in [0.3, 0.4) is 0 Å². The fourth-order valence-corrected chi connectivity index (χ4v) is 6.59. The van der Waals surface area contributed by atoms with Gasteiger partial charge >= 0.3 is 0 Å². The number of hydrogen-bond acceptors (Lipinski definition) is 7. The van der Waals surface area contributed by atoms with Crippen molar-refractivity contribution in [3.8, 4) is 11.5 Å². The minimum atomic E-state index is -0.0978. The number of fused-ring (bicyclic) bond motifs is 1. The second-order valence-corrected chi connectivity index (χ2v) is 12.1. The summed E-state index contributed by atoms with van der Waals surface area (Å²) in [7, 11) is 1.75. The molecule has 0 saturated carbocycles. The Bertz CT molecular complexity index is 1700. The van der Waals surface area contributed by atoms with Gasteiger partial charge in [0.2, 0.25) is 0 Å². The van der Waals surface area contributed by atoms with Crippen LogP contribution in [0, 0.1) is 0 Å². The third-order valence-electron chi connectivity index (χ3n) is 7.28. The van der Waals surface area contributed by atoms with Crippen molar-refractivity contribution >= 4 is 67.0 Å². The number of likely N-dealkylation sites (N-methyl/N-ethyl adjacent to an activating group) is 1. The van der Waals surface area contributed by atoms with Gasteiger partial charge in [-0.1, -0.05) is 36.4 Å². The highest BCUT2D eigenvalue weighted by atomic mass is 79.9. The second-order valence-electron chi connectivity index (χ2n) is 10.2. The van der Waals surface area contributed by atoms with E-state index in [4.69, 9.17) is 19.2 Å². The number of carbonyl (C=O) groups excluding carboxylic acids is 1. The van der Waals surface area contributed by atoms with E-state index in [-0.39, 0.29) is 5.91 Å². The summed E-state index contributed by atoms with van der Waals surface area (Å²) in [6, 6.07) is 26.5. The van der Waals surface area contributed by atoms with E-state index in [1.165, 1.54) is 22.5 Å². The maximum atomic E-state index is 13.2. The summed E-state index contributed by atoms with van der Waals surface area (Å²) in [6.45, 7) is 6.07. The Hall–Kier alpha value is -3.79. The van der Waals surface area contributed by atoms with Gasteiger partial charge < -0.3 is 19.1 Å². The molecular formula is C34H32BrN3O4S. The minimum absolute atomic E-state index is 0.0978. The maximum absolute atomic E-state index is 13.2. The van der Waals surface area contributed by atoms with Crippen LogP contribution in [0.4, 0.5) is 11.4 Å². The molecule has 0 radical (unpaired) electrons. The number of amides is 1. The summed E-state index contributed by atoms with van der Waals surface area (Å²) in [5.41, 5.74) is 3.85. The first-order valence-corrected chi connectivity index (χ1v) is 15.9. The smallest absolute Gasteiger partial charge is 0.266 e. The van der Waals surface area contributed by atoms with Gasteiger partial charge in [-0.2, -0.15) is 0 Å². The number of carbonyl (C=O) groups is 1. The lowest BCUT2D eigenvalue weighted by molar-refractivity contribution is -0.121. The van der Waals surface area contributed by atoms with Crippen molar-refractivity contribution in [3.63, 3.8) is 0 Å². The molecule has 4 aromatic rings. The van der Waals surface area contributed by atoms with Crippen LogP contribution in [0.1, 0.15) is 18.1 Å². The van der Waals surface area contributed by atoms with Gasteiger partial charge in [-0.25, -0.2) is 4.99 Å². The van der Waals surface area contributed by atoms with Crippen molar-refractivity contribution in [3.05, 3.63) is 99.4 Å². The van der Waals surface area contributed by atoms with Gasteiger partial charge in [0.1, 0.15) is 6.61 Å². The molecule has 2 aliphatic heterocycles. The van der Waals surface area contributed by atoms with Gasteiger partial charge in [-0.3, -0.25) is 9.69 Å². The molecule has 2 heterocycles. The van der Waals surface area contributed by atoms with Gasteiger partial charge in [0, 0.05) is 25.8 Å². The van der Waals surface area contributed by atoms with Gasteiger partial charge in [0.05, 0.1) is 34.9 Å². The Labute approximate surface area is 264 Å². The summed E-state index contributed by atoms with van der Waals surface area (Å²) >= 11 is 5.04. The summed E-state index contributed by atoms with van der Waals surface area (Å²) in [5.74, 6) is 1.14. The standard InChI is InChI=1S/C34H32BrN3O4S/c1-3-41-30-20-24(19-29(35)32(30)42-22-23-8-9-25-6-4-5-7-26(25)18-23)21-31-33(39)37(2)34(43-31)36-27-10-12-28(13-11-27)38-14-16-40-17-15-38/h4-13,18-21H,3,14-17,22H2,1-2H3/b31-21-,36-34?. The van der Waals surface area contributed by atoms with E-state index in [9.17, 15) is 4.79 Å². The zero-order valence-electron chi connectivity index (χ0n) is 24.1. The molecule has 4 aromatic carbocycles. The topological polar surface area (TPSA) is 63.6 Å². The van der Waals surface area contributed by atoms with Crippen LogP contribution in [-0.4, -0.2) is 55.9 Å². The fraction of sp³-hybridized carbons (Fsp3) is 0.235. The van der Waals surface area contributed by atoms with Crippen LogP contribution in [0.15, 0.2) is 93.2 Å². The molecule has 0 aliphatic carbocycles. The van der Waals surface area contributed by atoms with Crippen molar-refractivity contribution in [1.82, 2.24) is 4.90 Å². The van der Waals surface area contributed by atoms with Crippen LogP contribution in [-0.2, 0) is 16.1 Å². The lowest BCUT2D eigenvalue weighted by Crippen LogP contribution is -2.36. The van der Waals surface area contributed by atoms with Crippen molar-refractivity contribution in [2.45, 2.75) is 13.5 Å². The highest BCUT2D eigenvalue weighted by Gasteiger charge is 2.30. The van der Waals surface area contributed by atoms with Crippen molar-refractivity contribution < 1.29 is 19.0 Å². The van der Waals surface area contributed by atoms with E-state index in [2.05, 4.69) is 63.3 Å². The zero-order valence-corrected chi connectivity index (χ0v) is 26.5. The van der Waals surface area contributed by atoms with Gasteiger partial charge in [-0.15, -0.1) is 0 Å². The van der Waals surface area contributed by atoms with Crippen LogP contribution >= 0.6 is 27.7 Å². The van der Waals surface area contributed by atoms with E-state index >= 15 is 0 Å². The Morgan fingerprint density at radius 3 is 2.51 bits per heavy atom. The Morgan fingerprint density at radius 1 is 0.977 bits per heavy atom. The van der Waals surface area contributed by atoms with Gasteiger partial charge in [0.15, 0.2) is 16.7 Å². The summed E-state index contributed by atoms with van der Waals surface area (Å²) in [4.78, 5) is 22.4. The summed E-state index contributed by atoms with van der Waals surface area (Å²) in [6.07, 6.45) is 1.87. The Balaban J connectivity index is 1.19. The molecule has 0 unspecified atom stereocenters. The fourth-order valence-electron chi connectivity index (χ4n) is 5.03. The van der Waals surface area contributed by atoms with E-state index in [0.717, 1.165) is 53.3 Å². The SMILES string of the molecule is CCOc1cc(/C=C2\SC(=Nc3ccc(N4CCOCC4)cc3)N(C)C2=O)cc(Br)c1OCc1ccc2ccccc2c1. The van der Waals surface area contributed by atoms with Crippen LogP contribution in [0.5, 0.6) is 11.5 Å². The number of nitrogens with zero attached hydrogens (tertiary/aromatic N) is 3. The van der Waals surface area contributed by atoms with Crippen LogP contribution < -0.4 is 14.4 Å². The van der Waals surface area contributed by atoms with E-state index < -0.39 is 0 Å². The molecule has 2 saturated heterocycles. The Morgan fingerprint density at radius 2 is 1.74 bits per heavy atom. The molecule has 43 heavy (non-hydrogen) atoms. The quantitative estimate of drug-likeness (QED) is 0.181. The van der Waals surface area contributed by atoms with E-state index in [1.54, 1.807) is 11.9 Å². The molecule has 6 rings (SSSR count). The third-order valence-corrected chi connectivity index (χ3v) is 8.93. The van der Waals surface area contributed by atoms with Crippen LogP contribution in [0.2, 0.25) is 0 Å². The first-order chi connectivity index (χ1) is 21.0. The lowest BCUT2D eigenvalue weighted by atomic mass is 10.1. The molecule has 2 fully saturated rings. The molecule has 2 aliphatic rings. The minimum Gasteiger partial charge on any atom is -0.490 e. The number of amidine groups is 1. The molecule has 7 nitrogen and oxygen atoms in total. The monoisotopic (exact) mass is 657 g/mol. The van der Waals surface area contributed by atoms with Crippen LogP contribution in [0.25, 0.3) is 16.8 Å². The number of anilines is 1. The molecule has 0 atom stereocenters. The maximum Gasteiger partial charge on any atom is 0.266 e. The van der Waals surface area contributed by atoms with E-state index in [1.807, 2.05) is 49.4 Å². The number of ether oxygens (including phenoxy) is 3. The first-order valence-electron chi connectivity index (χ1n) is 14.2. The molecule has 220 valence electrons. The molecule has 1 amide bonds.